The molecule has 1 N–H and O–H groups in total. The molecule has 1 aliphatic carbocycles. The molecule has 36 heavy (non-hydrogen) atoms. The number of thiophene rings is 1. The number of carbonyl (C=O) groups excluding carboxylic acids is 1. The molecule has 1 amide bonds. The molecular formula is C27H39F2N5OS. The first kappa shape index (κ1) is 25.8. The van der Waals surface area contributed by atoms with Crippen molar-refractivity contribution in [3.63, 3.8) is 0 Å². The van der Waals surface area contributed by atoms with Crippen molar-refractivity contribution >= 4 is 17.2 Å². The molecule has 4 heterocycles. The summed E-state index contributed by atoms with van der Waals surface area (Å²) in [5.74, 6) is -0.524. The van der Waals surface area contributed by atoms with Crippen molar-refractivity contribution in [2.75, 3.05) is 6.54 Å². The maximum atomic E-state index is 13.6. The predicted octanol–water partition coefficient (Wildman–Crippen LogP) is 6.01. The number of piperidine rings is 1. The Morgan fingerprint density at radius 1 is 1.14 bits per heavy atom. The average Bonchev–Trinajstić information content (AvgIpc) is 3.55. The molecule has 3 aliphatic rings. The van der Waals surface area contributed by atoms with Crippen molar-refractivity contribution in [2.45, 2.75) is 115 Å². The van der Waals surface area contributed by atoms with Gasteiger partial charge in [0, 0.05) is 54.2 Å². The van der Waals surface area contributed by atoms with Gasteiger partial charge < -0.3 is 9.88 Å². The number of aromatic nitrogens is 3. The molecule has 3 fully saturated rings. The first-order chi connectivity index (χ1) is 17.2. The number of fused-ring (bicyclic) bond motifs is 2. The fourth-order valence-corrected chi connectivity index (χ4v) is 7.51. The third-order valence-corrected chi connectivity index (χ3v) is 9.59. The van der Waals surface area contributed by atoms with Crippen LogP contribution in [0.15, 0.2) is 17.5 Å². The summed E-state index contributed by atoms with van der Waals surface area (Å²) in [6, 6.07) is 5.55. The minimum absolute atomic E-state index is 0.0603. The van der Waals surface area contributed by atoms with Gasteiger partial charge in [0.1, 0.15) is 11.6 Å². The Labute approximate surface area is 216 Å². The molecule has 2 aromatic heterocycles. The zero-order valence-electron chi connectivity index (χ0n) is 21.6. The molecule has 0 unspecified atom stereocenters. The number of hydrogen-bond donors (Lipinski definition) is 1. The van der Waals surface area contributed by atoms with Crippen molar-refractivity contribution in [1.82, 2.24) is 25.0 Å². The van der Waals surface area contributed by atoms with Gasteiger partial charge in [-0.3, -0.25) is 9.69 Å². The van der Waals surface area contributed by atoms with Crippen LogP contribution in [-0.4, -0.2) is 50.1 Å². The minimum atomic E-state index is -2.61. The average molecular weight is 520 g/mol. The van der Waals surface area contributed by atoms with Crippen LogP contribution in [0.1, 0.15) is 106 Å². The highest BCUT2D eigenvalue weighted by molar-refractivity contribution is 7.10. The van der Waals surface area contributed by atoms with Crippen LogP contribution in [0, 0.1) is 12.8 Å². The summed E-state index contributed by atoms with van der Waals surface area (Å²) < 4.78 is 29.6. The van der Waals surface area contributed by atoms with Crippen LogP contribution >= 0.6 is 11.3 Å². The van der Waals surface area contributed by atoms with Crippen LogP contribution in [-0.2, 0) is 4.79 Å². The second kappa shape index (κ2) is 10.5. The molecule has 2 bridgehead atoms. The van der Waals surface area contributed by atoms with Crippen LogP contribution < -0.4 is 5.32 Å². The second-order valence-corrected chi connectivity index (χ2v) is 12.4. The van der Waals surface area contributed by atoms with Crippen LogP contribution in [0.2, 0.25) is 0 Å². The van der Waals surface area contributed by atoms with Crippen LogP contribution in [0.5, 0.6) is 0 Å². The molecule has 4 atom stereocenters. The van der Waals surface area contributed by atoms with Crippen molar-refractivity contribution in [3.8, 4) is 0 Å². The van der Waals surface area contributed by atoms with Crippen LogP contribution in [0.3, 0.4) is 0 Å². The molecule has 2 aromatic rings. The number of amides is 1. The van der Waals surface area contributed by atoms with Crippen molar-refractivity contribution in [2.24, 2.45) is 5.92 Å². The summed E-state index contributed by atoms with van der Waals surface area (Å²) in [5.41, 5.74) is 0. The second-order valence-electron chi connectivity index (χ2n) is 11.4. The number of nitrogens with zero attached hydrogens (tertiary/aromatic N) is 4. The molecule has 0 radical (unpaired) electrons. The standard InChI is InChI=1S/C27H39F2N5OS/c1-17(2)25-32-31-18(3)34(25)22-15-20-6-7-21(16-22)33(20)13-10-23(24-5-4-14-36-24)30-26(35)19-8-11-27(28,29)12-9-19/h4-5,14,17,19-23H,6-13,15-16H2,1-3H3,(H,30,35)/t20-,21+,22-,23-/m0/s1. The molecule has 2 aliphatic heterocycles. The third-order valence-electron chi connectivity index (χ3n) is 8.60. The smallest absolute Gasteiger partial charge is 0.248 e. The zero-order chi connectivity index (χ0) is 25.4. The molecule has 198 valence electrons. The van der Waals surface area contributed by atoms with E-state index in [1.54, 1.807) is 11.3 Å². The number of rotatable bonds is 8. The van der Waals surface area contributed by atoms with Crippen LogP contribution in [0.25, 0.3) is 0 Å². The van der Waals surface area contributed by atoms with E-state index in [0.717, 1.165) is 42.3 Å². The van der Waals surface area contributed by atoms with Crippen LogP contribution in [0.4, 0.5) is 8.78 Å². The van der Waals surface area contributed by atoms with Gasteiger partial charge in [-0.1, -0.05) is 19.9 Å². The number of alkyl halides is 2. The number of aryl methyl sites for hydroxylation is 1. The minimum Gasteiger partial charge on any atom is -0.348 e. The van der Waals surface area contributed by atoms with Gasteiger partial charge in [-0.05, 0) is 63.3 Å². The molecule has 0 aromatic carbocycles. The van der Waals surface area contributed by atoms with Gasteiger partial charge in [-0.2, -0.15) is 0 Å². The quantitative estimate of drug-likeness (QED) is 0.464. The Morgan fingerprint density at radius 2 is 1.83 bits per heavy atom. The number of hydrogen-bond acceptors (Lipinski definition) is 5. The van der Waals surface area contributed by atoms with E-state index in [0.29, 0.717) is 24.0 Å². The Kier molecular flexibility index (Phi) is 7.50. The Morgan fingerprint density at radius 3 is 2.44 bits per heavy atom. The summed E-state index contributed by atoms with van der Waals surface area (Å²) in [5, 5.41) is 14.1. The molecule has 6 nitrogen and oxygen atoms in total. The highest BCUT2D eigenvalue weighted by Crippen LogP contribution is 2.43. The topological polar surface area (TPSA) is 63.1 Å². The van der Waals surface area contributed by atoms with Gasteiger partial charge in [0.15, 0.2) is 0 Å². The lowest BCUT2D eigenvalue weighted by molar-refractivity contribution is -0.130. The molecular weight excluding hydrogens is 480 g/mol. The zero-order valence-corrected chi connectivity index (χ0v) is 22.4. The number of carbonyl (C=O) groups is 1. The van der Waals surface area contributed by atoms with Gasteiger partial charge in [-0.15, -0.1) is 21.5 Å². The third kappa shape index (κ3) is 5.37. The van der Waals surface area contributed by atoms with Gasteiger partial charge in [0.05, 0.1) is 6.04 Å². The Hall–Kier alpha value is -1.87. The van der Waals surface area contributed by atoms with Gasteiger partial charge in [0.2, 0.25) is 11.8 Å². The normalized spacial score (nSPS) is 27.4. The molecule has 9 heteroatoms. The number of halogens is 2. The lowest BCUT2D eigenvalue weighted by Gasteiger charge is -2.40. The fraction of sp³-hybridized carbons (Fsp3) is 0.741. The lowest BCUT2D eigenvalue weighted by Crippen LogP contribution is -2.45. The van der Waals surface area contributed by atoms with Crippen molar-refractivity contribution < 1.29 is 13.6 Å². The monoisotopic (exact) mass is 519 g/mol. The molecule has 5 rings (SSSR count). The van der Waals surface area contributed by atoms with E-state index >= 15 is 0 Å². The summed E-state index contributed by atoms with van der Waals surface area (Å²) in [7, 11) is 0. The van der Waals surface area contributed by atoms with Gasteiger partial charge in [0.25, 0.3) is 0 Å². The lowest BCUT2D eigenvalue weighted by atomic mass is 9.86. The van der Waals surface area contributed by atoms with E-state index in [1.807, 2.05) is 11.4 Å². The Bertz CT molecular complexity index is 1020. The summed E-state index contributed by atoms with van der Waals surface area (Å²) in [6.07, 6.45) is 5.67. The van der Waals surface area contributed by atoms with E-state index in [4.69, 9.17) is 0 Å². The first-order valence-electron chi connectivity index (χ1n) is 13.6. The largest absolute Gasteiger partial charge is 0.348 e. The summed E-state index contributed by atoms with van der Waals surface area (Å²) in [6.45, 7) is 7.36. The first-order valence-corrected chi connectivity index (χ1v) is 14.5. The maximum Gasteiger partial charge on any atom is 0.248 e. The van der Waals surface area contributed by atoms with Gasteiger partial charge in [-0.25, -0.2) is 8.78 Å². The fourth-order valence-electron chi connectivity index (χ4n) is 6.70. The molecule has 2 saturated heterocycles. The molecule has 1 saturated carbocycles. The Balaban J connectivity index is 1.22. The van der Waals surface area contributed by atoms with E-state index < -0.39 is 5.92 Å². The van der Waals surface area contributed by atoms with E-state index in [9.17, 15) is 13.6 Å². The summed E-state index contributed by atoms with van der Waals surface area (Å²) >= 11 is 1.66. The van der Waals surface area contributed by atoms with Gasteiger partial charge >= 0.3 is 0 Å². The number of nitrogens with one attached hydrogen (secondary N) is 1. The predicted molar refractivity (Wildman–Crippen MR) is 137 cm³/mol. The maximum absolute atomic E-state index is 13.6. The highest BCUT2D eigenvalue weighted by Gasteiger charge is 2.42. The van der Waals surface area contributed by atoms with Crippen molar-refractivity contribution in [3.05, 3.63) is 34.0 Å². The van der Waals surface area contributed by atoms with E-state index in [-0.39, 0.29) is 43.6 Å². The molecule has 0 spiro atoms. The SMILES string of the molecule is Cc1nnc(C(C)C)n1[C@@H]1C[C@H]2CC[C@@H](C1)N2CC[C@H](NC(=O)C1CCC(F)(F)CC1)c1cccs1. The van der Waals surface area contributed by atoms with Crippen molar-refractivity contribution in [1.29, 1.82) is 0 Å². The summed E-state index contributed by atoms with van der Waals surface area (Å²) in [4.78, 5) is 16.8. The highest BCUT2D eigenvalue weighted by atomic mass is 32.1. The van der Waals surface area contributed by atoms with E-state index in [1.165, 1.54) is 12.8 Å². The van der Waals surface area contributed by atoms with E-state index in [2.05, 4.69) is 51.8 Å².